The quantitative estimate of drug-likeness (QED) is 0.613. The highest BCUT2D eigenvalue weighted by atomic mass is 35.5. The summed E-state index contributed by atoms with van der Waals surface area (Å²) in [5, 5.41) is 4.30. The van der Waals surface area contributed by atoms with Crippen molar-refractivity contribution >= 4 is 44.9 Å². The van der Waals surface area contributed by atoms with Gasteiger partial charge in [0.1, 0.15) is 11.4 Å². The van der Waals surface area contributed by atoms with Gasteiger partial charge in [0.05, 0.1) is 5.39 Å². The number of carbonyl (C=O) groups is 1. The Balaban J connectivity index is 1.25. The van der Waals surface area contributed by atoms with Crippen LogP contribution in [0.5, 0.6) is 0 Å². The smallest absolute Gasteiger partial charge is 0.270 e. The Morgan fingerprint density at radius 1 is 1.19 bits per heavy atom. The van der Waals surface area contributed by atoms with E-state index in [2.05, 4.69) is 26.2 Å². The molecule has 0 aliphatic carbocycles. The molecule has 0 saturated carbocycles. The van der Waals surface area contributed by atoms with Gasteiger partial charge in [-0.1, -0.05) is 17.7 Å². The molecular formula is C22H26ClN5O2S. The lowest BCUT2D eigenvalue weighted by Gasteiger charge is -2.36. The minimum atomic E-state index is -0.152. The lowest BCUT2D eigenvalue weighted by atomic mass is 10.2. The molecule has 1 fully saturated rings. The predicted octanol–water partition coefficient (Wildman–Crippen LogP) is 2.67. The van der Waals surface area contributed by atoms with Gasteiger partial charge in [-0.25, -0.2) is 4.98 Å². The van der Waals surface area contributed by atoms with Gasteiger partial charge in [-0.3, -0.25) is 18.4 Å². The number of nitrogens with zero attached hydrogens (tertiary/aromatic N) is 4. The van der Waals surface area contributed by atoms with Crippen LogP contribution in [0.15, 0.2) is 35.1 Å². The summed E-state index contributed by atoms with van der Waals surface area (Å²) in [4.78, 5) is 34.8. The highest BCUT2D eigenvalue weighted by Crippen LogP contribution is 2.21. The van der Waals surface area contributed by atoms with Crippen LogP contribution < -0.4 is 15.8 Å². The largest absolute Gasteiger partial charge is 0.369 e. The number of amides is 1. The highest BCUT2D eigenvalue weighted by molar-refractivity contribution is 7.13. The van der Waals surface area contributed by atoms with Crippen molar-refractivity contribution < 1.29 is 4.79 Å². The lowest BCUT2D eigenvalue weighted by Crippen LogP contribution is -2.48. The van der Waals surface area contributed by atoms with E-state index in [4.69, 9.17) is 11.6 Å². The van der Waals surface area contributed by atoms with E-state index in [9.17, 15) is 9.59 Å². The number of carbonyl (C=O) groups excluding carboxylic acids is 1. The van der Waals surface area contributed by atoms with Gasteiger partial charge < -0.3 is 10.2 Å². The van der Waals surface area contributed by atoms with Gasteiger partial charge in [0.2, 0.25) is 5.91 Å². The topological polar surface area (TPSA) is 70.5 Å². The Morgan fingerprint density at radius 3 is 2.71 bits per heavy atom. The number of halogens is 1. The Bertz CT molecular complexity index is 1150. The van der Waals surface area contributed by atoms with Crippen LogP contribution in [0.3, 0.4) is 0 Å². The summed E-state index contributed by atoms with van der Waals surface area (Å²) in [6.45, 7) is 8.91. The fraction of sp³-hybridized carbons (Fsp3) is 0.409. The molecular weight excluding hydrogens is 434 g/mol. The molecule has 0 spiro atoms. The van der Waals surface area contributed by atoms with Crippen molar-refractivity contribution in [3.05, 3.63) is 57.0 Å². The number of anilines is 1. The lowest BCUT2D eigenvalue weighted by molar-refractivity contribution is -0.121. The first kappa shape index (κ1) is 21.8. The summed E-state index contributed by atoms with van der Waals surface area (Å²) in [7, 11) is 0. The van der Waals surface area contributed by atoms with Gasteiger partial charge in [0.15, 0.2) is 0 Å². The third-order valence-electron chi connectivity index (χ3n) is 5.53. The fourth-order valence-corrected chi connectivity index (χ4v) is 5.22. The molecule has 7 nitrogen and oxygen atoms in total. The highest BCUT2D eigenvalue weighted by Gasteiger charge is 2.18. The molecule has 1 N–H and O–H groups in total. The molecule has 9 heteroatoms. The first-order chi connectivity index (χ1) is 14.9. The number of pyridine rings is 1. The average molecular weight is 460 g/mol. The number of benzene rings is 1. The second-order valence-electron chi connectivity index (χ2n) is 7.85. The van der Waals surface area contributed by atoms with E-state index in [0.29, 0.717) is 16.8 Å². The van der Waals surface area contributed by atoms with Crippen LogP contribution in [0.4, 0.5) is 5.69 Å². The van der Waals surface area contributed by atoms with E-state index >= 15 is 0 Å². The monoisotopic (exact) mass is 459 g/mol. The van der Waals surface area contributed by atoms with Crippen LogP contribution in [-0.4, -0.2) is 59.0 Å². The number of nitrogens with one attached hydrogen (secondary N) is 1. The zero-order valence-electron chi connectivity index (χ0n) is 17.7. The Kier molecular flexibility index (Phi) is 6.60. The molecule has 164 valence electrons. The van der Waals surface area contributed by atoms with E-state index in [-0.39, 0.29) is 18.0 Å². The SMILES string of the molecule is Cc1cc(C)c2c(=O)n(CC(=O)NCCN3CCN(c4cccc(Cl)c4)CC3)sc2n1. The van der Waals surface area contributed by atoms with Crippen molar-refractivity contribution in [1.82, 2.24) is 19.2 Å². The summed E-state index contributed by atoms with van der Waals surface area (Å²) < 4.78 is 1.49. The fourth-order valence-electron chi connectivity index (χ4n) is 3.95. The summed E-state index contributed by atoms with van der Waals surface area (Å²) in [5.41, 5.74) is 2.78. The summed E-state index contributed by atoms with van der Waals surface area (Å²) in [6, 6.07) is 9.82. The Labute approximate surface area is 190 Å². The van der Waals surface area contributed by atoms with Crippen LogP contribution in [0.25, 0.3) is 10.2 Å². The van der Waals surface area contributed by atoms with Gasteiger partial charge in [-0.05, 0) is 55.2 Å². The molecule has 3 aromatic rings. The summed E-state index contributed by atoms with van der Waals surface area (Å²) in [5.74, 6) is -0.152. The van der Waals surface area contributed by atoms with Crippen molar-refractivity contribution in [3.8, 4) is 0 Å². The van der Waals surface area contributed by atoms with Crippen LogP contribution >= 0.6 is 23.1 Å². The maximum absolute atomic E-state index is 12.6. The third-order valence-corrected chi connectivity index (χ3v) is 6.75. The molecule has 31 heavy (non-hydrogen) atoms. The second kappa shape index (κ2) is 9.38. The van der Waals surface area contributed by atoms with Crippen LogP contribution in [0.2, 0.25) is 5.02 Å². The molecule has 0 bridgehead atoms. The average Bonchev–Trinajstić information content (AvgIpc) is 3.03. The number of aromatic nitrogens is 2. The molecule has 1 aliphatic heterocycles. The third kappa shape index (κ3) is 5.08. The second-order valence-corrected chi connectivity index (χ2v) is 9.30. The van der Waals surface area contributed by atoms with Crippen molar-refractivity contribution in [2.45, 2.75) is 20.4 Å². The van der Waals surface area contributed by atoms with Gasteiger partial charge in [0, 0.05) is 55.7 Å². The van der Waals surface area contributed by atoms with E-state index in [1.807, 2.05) is 38.1 Å². The minimum absolute atomic E-state index is 0.0287. The van der Waals surface area contributed by atoms with Gasteiger partial charge in [-0.2, -0.15) is 0 Å². The molecule has 0 atom stereocenters. The number of aryl methyl sites for hydroxylation is 2. The van der Waals surface area contributed by atoms with Gasteiger partial charge in [-0.15, -0.1) is 0 Å². The molecule has 1 amide bonds. The van der Waals surface area contributed by atoms with E-state index in [1.54, 1.807) is 0 Å². The van der Waals surface area contributed by atoms with Crippen molar-refractivity contribution in [1.29, 1.82) is 0 Å². The zero-order valence-corrected chi connectivity index (χ0v) is 19.3. The van der Waals surface area contributed by atoms with Crippen molar-refractivity contribution in [3.63, 3.8) is 0 Å². The number of fused-ring (bicyclic) bond motifs is 1. The normalized spacial score (nSPS) is 14.9. The molecule has 4 rings (SSSR count). The van der Waals surface area contributed by atoms with E-state index < -0.39 is 0 Å². The first-order valence-corrected chi connectivity index (χ1v) is 11.5. The number of rotatable bonds is 6. The maximum Gasteiger partial charge on any atom is 0.270 e. The molecule has 1 aromatic carbocycles. The Hall–Kier alpha value is -2.42. The zero-order chi connectivity index (χ0) is 22.0. The number of hydrogen-bond donors (Lipinski definition) is 1. The Morgan fingerprint density at radius 2 is 1.97 bits per heavy atom. The van der Waals surface area contributed by atoms with Crippen molar-refractivity contribution in [2.24, 2.45) is 0 Å². The van der Waals surface area contributed by atoms with Crippen molar-refractivity contribution in [2.75, 3.05) is 44.2 Å². The molecule has 1 aliphatic rings. The first-order valence-electron chi connectivity index (χ1n) is 10.4. The summed E-state index contributed by atoms with van der Waals surface area (Å²) in [6.07, 6.45) is 0. The summed E-state index contributed by atoms with van der Waals surface area (Å²) >= 11 is 7.34. The molecule has 0 unspecified atom stereocenters. The molecule has 3 heterocycles. The molecule has 0 radical (unpaired) electrons. The molecule has 2 aromatic heterocycles. The number of piperazine rings is 1. The van der Waals surface area contributed by atoms with Gasteiger partial charge >= 0.3 is 0 Å². The van der Waals surface area contributed by atoms with Crippen LogP contribution in [0.1, 0.15) is 11.3 Å². The standard InChI is InChI=1S/C22H26ClN5O2S/c1-15-12-16(2)25-21-20(15)22(30)28(31-21)14-19(29)24-6-7-26-8-10-27(11-9-26)18-5-3-4-17(23)13-18/h3-5,12-13H,6-11,14H2,1-2H3,(H,24,29). The van der Waals surface area contributed by atoms with Crippen LogP contribution in [-0.2, 0) is 11.3 Å². The van der Waals surface area contributed by atoms with Gasteiger partial charge in [0.25, 0.3) is 5.56 Å². The molecule has 1 saturated heterocycles. The maximum atomic E-state index is 12.6. The number of hydrogen-bond acceptors (Lipinski definition) is 6. The minimum Gasteiger partial charge on any atom is -0.369 e. The predicted molar refractivity (Wildman–Crippen MR) is 126 cm³/mol. The van der Waals surface area contributed by atoms with E-state index in [1.165, 1.54) is 15.5 Å². The van der Waals surface area contributed by atoms with E-state index in [0.717, 1.165) is 54.7 Å². The van der Waals surface area contributed by atoms with Crippen LogP contribution in [0, 0.1) is 13.8 Å².